The largest absolute Gasteiger partial charge is 0.471 e. The number of nitro groups is 1. The summed E-state index contributed by atoms with van der Waals surface area (Å²) in [4.78, 5) is 20.7. The van der Waals surface area contributed by atoms with E-state index in [0.29, 0.717) is 10.6 Å². The van der Waals surface area contributed by atoms with E-state index in [1.165, 1.54) is 24.3 Å². The average molecular weight is 332 g/mol. The topological polar surface area (TPSA) is 98.0 Å². The summed E-state index contributed by atoms with van der Waals surface area (Å²) in [5, 5.41) is 19.3. The van der Waals surface area contributed by atoms with Gasteiger partial charge in [-0.1, -0.05) is 23.5 Å². The standard InChI is InChI=1S/C11H7F3N4O3S/c12-11(13,14)9(19)15-10-17-16-8(22-10)5-6-1-3-7(4-2-6)18(20)21/h1-4H,5H2,(H,15,17,19). The van der Waals surface area contributed by atoms with E-state index in [4.69, 9.17) is 0 Å². The van der Waals surface area contributed by atoms with Crippen molar-refractivity contribution in [2.75, 3.05) is 5.32 Å². The Morgan fingerprint density at radius 3 is 2.45 bits per heavy atom. The Labute approximate surface area is 124 Å². The predicted octanol–water partition coefficient (Wildman–Crippen LogP) is 2.54. The van der Waals surface area contributed by atoms with Gasteiger partial charge in [0.05, 0.1) is 4.92 Å². The molecular weight excluding hydrogens is 325 g/mol. The minimum atomic E-state index is -5.00. The molecule has 0 aliphatic carbocycles. The SMILES string of the molecule is O=C(Nc1nnc(Cc2ccc([N+](=O)[O-])cc2)s1)C(F)(F)F. The second-order valence-electron chi connectivity index (χ2n) is 4.05. The first-order valence-corrected chi connectivity index (χ1v) is 6.51. The van der Waals surface area contributed by atoms with Gasteiger partial charge >= 0.3 is 12.1 Å². The number of nitrogens with one attached hydrogen (secondary N) is 1. The van der Waals surface area contributed by atoms with E-state index in [-0.39, 0.29) is 17.2 Å². The molecule has 1 N–H and O–H groups in total. The molecule has 0 saturated heterocycles. The Bertz CT molecular complexity index is 699. The fourth-order valence-corrected chi connectivity index (χ4v) is 2.22. The van der Waals surface area contributed by atoms with Gasteiger partial charge in [-0.05, 0) is 5.56 Å². The first-order valence-electron chi connectivity index (χ1n) is 5.69. The van der Waals surface area contributed by atoms with E-state index in [9.17, 15) is 28.1 Å². The van der Waals surface area contributed by atoms with Gasteiger partial charge in [0.1, 0.15) is 5.01 Å². The maximum atomic E-state index is 12.1. The van der Waals surface area contributed by atoms with E-state index in [0.717, 1.165) is 11.3 Å². The summed E-state index contributed by atoms with van der Waals surface area (Å²) in [5.41, 5.74) is 0.606. The number of anilines is 1. The summed E-state index contributed by atoms with van der Waals surface area (Å²) in [6, 6.07) is 5.63. The quantitative estimate of drug-likeness (QED) is 0.685. The highest BCUT2D eigenvalue weighted by Gasteiger charge is 2.39. The highest BCUT2D eigenvalue weighted by Crippen LogP contribution is 2.22. The van der Waals surface area contributed by atoms with Crippen molar-refractivity contribution in [3.05, 3.63) is 45.0 Å². The maximum absolute atomic E-state index is 12.1. The Hall–Kier alpha value is -2.56. The van der Waals surface area contributed by atoms with E-state index in [1.807, 2.05) is 0 Å². The molecule has 7 nitrogen and oxygen atoms in total. The molecule has 22 heavy (non-hydrogen) atoms. The number of nitro benzene ring substituents is 1. The number of amides is 1. The van der Waals surface area contributed by atoms with Crippen LogP contribution in [0.3, 0.4) is 0 Å². The van der Waals surface area contributed by atoms with Crippen molar-refractivity contribution >= 4 is 28.1 Å². The summed E-state index contributed by atoms with van der Waals surface area (Å²) < 4.78 is 36.2. The van der Waals surface area contributed by atoms with E-state index in [1.54, 1.807) is 5.32 Å². The highest BCUT2D eigenvalue weighted by molar-refractivity contribution is 7.15. The van der Waals surface area contributed by atoms with E-state index in [2.05, 4.69) is 10.2 Å². The Kier molecular flexibility index (Phi) is 4.35. The monoisotopic (exact) mass is 332 g/mol. The van der Waals surface area contributed by atoms with Crippen molar-refractivity contribution in [1.29, 1.82) is 0 Å². The second kappa shape index (κ2) is 6.05. The molecule has 116 valence electrons. The summed E-state index contributed by atoms with van der Waals surface area (Å²) in [6.07, 6.45) is -4.76. The lowest BCUT2D eigenvalue weighted by Gasteiger charge is -2.03. The van der Waals surface area contributed by atoms with Crippen molar-refractivity contribution in [3.63, 3.8) is 0 Å². The van der Waals surface area contributed by atoms with Crippen molar-refractivity contribution in [1.82, 2.24) is 10.2 Å². The van der Waals surface area contributed by atoms with Gasteiger partial charge in [-0.25, -0.2) is 0 Å². The van der Waals surface area contributed by atoms with Crippen LogP contribution < -0.4 is 5.32 Å². The lowest BCUT2D eigenvalue weighted by molar-refractivity contribution is -0.384. The number of benzene rings is 1. The van der Waals surface area contributed by atoms with Gasteiger partial charge in [0.2, 0.25) is 5.13 Å². The number of aromatic nitrogens is 2. The van der Waals surface area contributed by atoms with Crippen LogP contribution in [0.1, 0.15) is 10.6 Å². The molecule has 0 atom stereocenters. The summed E-state index contributed by atoms with van der Waals surface area (Å²) in [5.74, 6) is -2.12. The molecule has 0 spiro atoms. The van der Waals surface area contributed by atoms with Crippen LogP contribution in [0.5, 0.6) is 0 Å². The van der Waals surface area contributed by atoms with Gasteiger partial charge in [0, 0.05) is 18.6 Å². The van der Waals surface area contributed by atoms with Crippen LogP contribution in [-0.2, 0) is 11.2 Å². The number of hydrogen-bond donors (Lipinski definition) is 1. The number of non-ortho nitro benzene ring substituents is 1. The Morgan fingerprint density at radius 1 is 1.27 bits per heavy atom. The number of alkyl halides is 3. The second-order valence-corrected chi connectivity index (χ2v) is 5.12. The van der Waals surface area contributed by atoms with Crippen LogP contribution in [0.25, 0.3) is 0 Å². The third-order valence-electron chi connectivity index (χ3n) is 2.45. The van der Waals surface area contributed by atoms with Crippen LogP contribution in [0.15, 0.2) is 24.3 Å². The number of hydrogen-bond acceptors (Lipinski definition) is 6. The molecular formula is C11H7F3N4O3S. The number of carbonyl (C=O) groups excluding carboxylic acids is 1. The summed E-state index contributed by atoms with van der Waals surface area (Å²) >= 11 is 0.795. The van der Waals surface area contributed by atoms with Crippen LogP contribution in [0, 0.1) is 10.1 Å². The van der Waals surface area contributed by atoms with Crippen LogP contribution in [0.4, 0.5) is 24.0 Å². The van der Waals surface area contributed by atoms with E-state index < -0.39 is 17.0 Å². The Morgan fingerprint density at radius 2 is 1.91 bits per heavy atom. The molecule has 0 aliphatic heterocycles. The molecule has 0 aliphatic rings. The smallest absolute Gasteiger partial charge is 0.293 e. The molecule has 0 radical (unpaired) electrons. The normalized spacial score (nSPS) is 11.2. The summed E-state index contributed by atoms with van der Waals surface area (Å²) in [6.45, 7) is 0. The fraction of sp³-hybridized carbons (Fsp3) is 0.182. The zero-order valence-corrected chi connectivity index (χ0v) is 11.4. The van der Waals surface area contributed by atoms with E-state index >= 15 is 0 Å². The van der Waals surface area contributed by atoms with Gasteiger partial charge in [0.25, 0.3) is 5.69 Å². The zero-order valence-electron chi connectivity index (χ0n) is 10.6. The predicted molar refractivity (Wildman–Crippen MR) is 70.5 cm³/mol. The lowest BCUT2D eigenvalue weighted by atomic mass is 10.1. The maximum Gasteiger partial charge on any atom is 0.471 e. The number of halogens is 3. The molecule has 0 saturated carbocycles. The van der Waals surface area contributed by atoms with Crippen LogP contribution in [-0.4, -0.2) is 27.2 Å². The molecule has 0 fully saturated rings. The van der Waals surface area contributed by atoms with Crippen molar-refractivity contribution in [2.24, 2.45) is 0 Å². The fourth-order valence-electron chi connectivity index (χ4n) is 1.45. The molecule has 11 heteroatoms. The molecule has 1 heterocycles. The molecule has 2 aromatic rings. The van der Waals surface area contributed by atoms with Gasteiger partial charge < -0.3 is 0 Å². The zero-order chi connectivity index (χ0) is 16.3. The van der Waals surface area contributed by atoms with Gasteiger partial charge in [0.15, 0.2) is 0 Å². The summed E-state index contributed by atoms with van der Waals surface area (Å²) in [7, 11) is 0. The molecule has 0 unspecified atom stereocenters. The van der Waals surface area contributed by atoms with Crippen molar-refractivity contribution in [2.45, 2.75) is 12.6 Å². The average Bonchev–Trinajstić information content (AvgIpc) is 2.85. The molecule has 2 rings (SSSR count). The highest BCUT2D eigenvalue weighted by atomic mass is 32.1. The third kappa shape index (κ3) is 3.97. The minimum Gasteiger partial charge on any atom is -0.293 e. The molecule has 0 bridgehead atoms. The van der Waals surface area contributed by atoms with Crippen LogP contribution in [0.2, 0.25) is 0 Å². The van der Waals surface area contributed by atoms with Crippen LogP contribution >= 0.6 is 11.3 Å². The van der Waals surface area contributed by atoms with Gasteiger partial charge in [-0.2, -0.15) is 13.2 Å². The third-order valence-corrected chi connectivity index (χ3v) is 3.29. The first-order chi connectivity index (χ1) is 10.3. The van der Waals surface area contributed by atoms with Crippen molar-refractivity contribution in [3.8, 4) is 0 Å². The number of nitrogens with zero attached hydrogens (tertiary/aromatic N) is 3. The minimum absolute atomic E-state index is 0.0702. The molecule has 1 amide bonds. The Balaban J connectivity index is 2.03. The number of carbonyl (C=O) groups is 1. The van der Waals surface area contributed by atoms with Gasteiger partial charge in [-0.3, -0.25) is 20.2 Å². The lowest BCUT2D eigenvalue weighted by Crippen LogP contribution is -2.29. The molecule has 1 aromatic heterocycles. The van der Waals surface area contributed by atoms with Gasteiger partial charge in [-0.15, -0.1) is 10.2 Å². The van der Waals surface area contributed by atoms with Crippen molar-refractivity contribution < 1.29 is 22.9 Å². The molecule has 1 aromatic carbocycles. The first kappa shape index (κ1) is 15.8. The number of rotatable bonds is 4.